The van der Waals surface area contributed by atoms with E-state index in [1.807, 2.05) is 55.1 Å². The molecule has 0 saturated carbocycles. The quantitative estimate of drug-likeness (QED) is 0.0879. The number of ether oxygens (including phenoxy) is 3. The molecule has 1 N–H and O–H groups in total. The molecule has 2 aliphatic heterocycles. The Morgan fingerprint density at radius 3 is 1.61 bits per heavy atom. The molecule has 4 heterocycles. The number of carboxylic acids is 1. The molecule has 12 nitrogen and oxygen atoms in total. The van der Waals surface area contributed by atoms with E-state index in [1.54, 1.807) is 17.0 Å². The van der Waals surface area contributed by atoms with Gasteiger partial charge < -0.3 is 28.2 Å². The summed E-state index contributed by atoms with van der Waals surface area (Å²) in [5.41, 5.74) is 6.74. The van der Waals surface area contributed by atoms with Gasteiger partial charge >= 0.3 is 25.2 Å². The molecule has 59 heavy (non-hydrogen) atoms. The minimum absolute atomic E-state index is 0.0739. The molecule has 8 rings (SSSR count). The van der Waals surface area contributed by atoms with Crippen LogP contribution in [0.1, 0.15) is 47.9 Å². The highest BCUT2D eigenvalue weighted by atomic mass is 19.3. The molecule has 2 fully saturated rings. The van der Waals surface area contributed by atoms with Crippen molar-refractivity contribution in [3.05, 3.63) is 82.9 Å². The molecule has 6 aromatic rings. The van der Waals surface area contributed by atoms with Crippen LogP contribution in [0.4, 0.5) is 17.6 Å². The molecule has 16 heteroatoms. The first-order chi connectivity index (χ1) is 28.4. The molecule has 0 spiro atoms. The van der Waals surface area contributed by atoms with Crippen LogP contribution in [0, 0.1) is 13.8 Å². The van der Waals surface area contributed by atoms with Gasteiger partial charge in [0.1, 0.15) is 34.6 Å². The lowest BCUT2D eigenvalue weighted by atomic mass is 9.91. The van der Waals surface area contributed by atoms with Crippen LogP contribution >= 0.6 is 0 Å². The summed E-state index contributed by atoms with van der Waals surface area (Å²) >= 11 is 0. The number of halogens is 4. The molecule has 2 aromatic heterocycles. The summed E-state index contributed by atoms with van der Waals surface area (Å²) in [5.74, 6) is -1.02. The lowest BCUT2D eigenvalue weighted by Gasteiger charge is -2.23. The van der Waals surface area contributed by atoms with Crippen molar-refractivity contribution in [1.82, 2.24) is 19.8 Å². The number of rotatable bonds is 13. The molecule has 0 amide bonds. The lowest BCUT2D eigenvalue weighted by Crippen LogP contribution is -2.36. The second-order valence-corrected chi connectivity index (χ2v) is 14.7. The number of methoxy groups -OCH3 is 1. The number of oxazole rings is 2. The van der Waals surface area contributed by atoms with Gasteiger partial charge in [-0.25, -0.2) is 9.97 Å². The molecular formula is C43H40F4N4O8. The zero-order valence-electron chi connectivity index (χ0n) is 32.3. The van der Waals surface area contributed by atoms with Gasteiger partial charge in [-0.15, -0.1) is 0 Å². The minimum atomic E-state index is -3.10. The van der Waals surface area contributed by atoms with Gasteiger partial charge in [-0.05, 0) is 99.1 Å². The monoisotopic (exact) mass is 816 g/mol. The highest BCUT2D eigenvalue weighted by Gasteiger charge is 2.33. The van der Waals surface area contributed by atoms with Gasteiger partial charge in [0.2, 0.25) is 11.8 Å². The fraction of sp³-hybridized carbons (Fsp3) is 0.349. The number of esters is 1. The first-order valence-electron chi connectivity index (χ1n) is 19.1. The van der Waals surface area contributed by atoms with Crippen LogP contribution in [0.2, 0.25) is 0 Å². The number of carboxylic acid groups (broad SMARTS) is 1. The van der Waals surface area contributed by atoms with Gasteiger partial charge in [0, 0.05) is 47.5 Å². The van der Waals surface area contributed by atoms with Crippen molar-refractivity contribution in [1.29, 1.82) is 0 Å². The molecule has 2 saturated heterocycles. The average Bonchev–Trinajstić information content (AvgIpc) is 4.02. The third-order valence-corrected chi connectivity index (χ3v) is 11.2. The molecule has 0 bridgehead atoms. The predicted molar refractivity (Wildman–Crippen MR) is 207 cm³/mol. The largest absolute Gasteiger partial charge is 0.480 e. The second kappa shape index (κ2) is 16.3. The minimum Gasteiger partial charge on any atom is -0.480 e. The summed E-state index contributed by atoms with van der Waals surface area (Å²) in [6.07, 6.45) is 2.49. The van der Waals surface area contributed by atoms with Crippen LogP contribution in [0.3, 0.4) is 0 Å². The fourth-order valence-electron chi connectivity index (χ4n) is 8.36. The van der Waals surface area contributed by atoms with E-state index in [4.69, 9.17) is 33.0 Å². The van der Waals surface area contributed by atoms with E-state index in [1.165, 1.54) is 19.2 Å². The Kier molecular flexibility index (Phi) is 11.0. The fourth-order valence-corrected chi connectivity index (χ4v) is 8.36. The second-order valence-electron chi connectivity index (χ2n) is 14.7. The molecule has 4 aromatic carbocycles. The third kappa shape index (κ3) is 7.93. The number of aromatic nitrogens is 2. The molecule has 2 aliphatic rings. The molecule has 308 valence electrons. The van der Waals surface area contributed by atoms with E-state index >= 15 is 0 Å². The standard InChI is InChI=1S/C43H40F4N4O8/c1-22-26(8-4-10-28(22)38-48-30-16-24(20-50-14-6-12-32(50)40(52)53)34(58-42(44)45)18-36(30)56-38)27-9-5-11-29(23(27)2)39-49-31-17-25(35(59-43(46)47)19-37(31)57-39)21-51-15-7-13-33(51)41(54)55-3/h4-5,8-11,16-19,32-33,42-43H,6-7,12-15,20-21H2,1-3H3,(H,52,53)/t32-,33-/m0/s1. The van der Waals surface area contributed by atoms with Crippen molar-refractivity contribution in [2.75, 3.05) is 20.2 Å². The summed E-state index contributed by atoms with van der Waals surface area (Å²) in [6.45, 7) is -1.01. The Labute approximate surface area is 335 Å². The van der Waals surface area contributed by atoms with Gasteiger partial charge in [0.05, 0.1) is 7.11 Å². The number of carbonyl (C=O) groups is 2. The van der Waals surface area contributed by atoms with Gasteiger partial charge in [0.25, 0.3) is 0 Å². The van der Waals surface area contributed by atoms with Crippen LogP contribution in [0.5, 0.6) is 11.5 Å². The van der Waals surface area contributed by atoms with E-state index in [0.29, 0.717) is 65.6 Å². The molecule has 0 unspecified atom stereocenters. The van der Waals surface area contributed by atoms with E-state index in [0.717, 1.165) is 28.7 Å². The summed E-state index contributed by atoms with van der Waals surface area (Å²) in [6, 6.07) is 16.1. The highest BCUT2D eigenvalue weighted by molar-refractivity contribution is 5.85. The topological polar surface area (TPSA) is 141 Å². The number of hydrogen-bond donors (Lipinski definition) is 1. The number of aliphatic carboxylic acids is 1. The maximum absolute atomic E-state index is 13.6. The Hall–Kier alpha value is -6.00. The van der Waals surface area contributed by atoms with E-state index in [9.17, 15) is 32.3 Å². The van der Waals surface area contributed by atoms with Crippen LogP contribution in [-0.2, 0) is 27.4 Å². The highest BCUT2D eigenvalue weighted by Crippen LogP contribution is 2.40. The Morgan fingerprint density at radius 2 is 1.17 bits per heavy atom. The van der Waals surface area contributed by atoms with E-state index in [2.05, 4.69) is 0 Å². The van der Waals surface area contributed by atoms with Crippen molar-refractivity contribution in [3.8, 4) is 45.5 Å². The Bertz CT molecular complexity index is 2560. The number of likely N-dealkylation sites (tertiary alicyclic amines) is 2. The predicted octanol–water partition coefficient (Wildman–Crippen LogP) is 8.98. The van der Waals surface area contributed by atoms with Crippen LogP contribution in [0.15, 0.2) is 69.5 Å². The first-order valence-corrected chi connectivity index (χ1v) is 19.1. The molecule has 0 radical (unpaired) electrons. The maximum Gasteiger partial charge on any atom is 0.387 e. The maximum atomic E-state index is 13.6. The van der Waals surface area contributed by atoms with Crippen molar-refractivity contribution < 1.29 is 55.3 Å². The third-order valence-electron chi connectivity index (χ3n) is 11.2. The van der Waals surface area contributed by atoms with Gasteiger partial charge in [0.15, 0.2) is 11.2 Å². The molecular weight excluding hydrogens is 776 g/mol. The Morgan fingerprint density at radius 1 is 0.729 bits per heavy atom. The van der Waals surface area contributed by atoms with Gasteiger partial charge in [-0.3, -0.25) is 19.4 Å². The van der Waals surface area contributed by atoms with Gasteiger partial charge in [-0.1, -0.05) is 24.3 Å². The normalized spacial score (nSPS) is 17.5. The number of alkyl halides is 4. The van der Waals surface area contributed by atoms with Gasteiger partial charge in [-0.2, -0.15) is 17.6 Å². The van der Waals surface area contributed by atoms with Crippen molar-refractivity contribution in [2.45, 2.75) is 77.9 Å². The first kappa shape index (κ1) is 39.8. The van der Waals surface area contributed by atoms with Crippen molar-refractivity contribution in [3.63, 3.8) is 0 Å². The smallest absolute Gasteiger partial charge is 0.387 e. The average molecular weight is 817 g/mol. The number of fused-ring (bicyclic) bond motifs is 2. The Balaban J connectivity index is 1.12. The van der Waals surface area contributed by atoms with Crippen LogP contribution < -0.4 is 9.47 Å². The number of nitrogens with zero attached hydrogens (tertiary/aromatic N) is 4. The van der Waals surface area contributed by atoms with E-state index < -0.39 is 31.3 Å². The van der Waals surface area contributed by atoms with E-state index in [-0.39, 0.29) is 53.5 Å². The van der Waals surface area contributed by atoms with Crippen LogP contribution in [-0.4, -0.2) is 82.3 Å². The lowest BCUT2D eigenvalue weighted by molar-refractivity contribution is -0.146. The summed E-state index contributed by atoms with van der Waals surface area (Å²) in [5, 5.41) is 9.67. The number of carbonyl (C=O) groups excluding carboxylic acids is 1. The number of hydrogen-bond acceptors (Lipinski definition) is 11. The zero-order chi connectivity index (χ0) is 41.5. The molecule has 2 atom stereocenters. The zero-order valence-corrected chi connectivity index (χ0v) is 32.3. The molecule has 0 aliphatic carbocycles. The van der Waals surface area contributed by atoms with Crippen molar-refractivity contribution in [2.24, 2.45) is 0 Å². The summed E-state index contributed by atoms with van der Waals surface area (Å²) < 4.78 is 81.3. The van der Waals surface area contributed by atoms with Crippen LogP contribution in [0.25, 0.3) is 56.2 Å². The van der Waals surface area contributed by atoms with Crippen molar-refractivity contribution >= 4 is 34.1 Å². The summed E-state index contributed by atoms with van der Waals surface area (Å²) in [7, 11) is 1.32. The SMILES string of the molecule is COC(=O)[C@@H]1CCCN1Cc1cc2nc(-c3cccc(-c4cccc(-c5nc6cc(CN7CCC[C@H]7C(=O)O)c(OC(F)F)cc6o5)c4C)c3C)oc2cc1OC(F)F. The summed E-state index contributed by atoms with van der Waals surface area (Å²) in [4.78, 5) is 37.3. The number of benzene rings is 4.